The summed E-state index contributed by atoms with van der Waals surface area (Å²) < 4.78 is 12.9. The van der Waals surface area contributed by atoms with Crippen molar-refractivity contribution in [1.82, 2.24) is 9.97 Å². The van der Waals surface area contributed by atoms with Crippen molar-refractivity contribution in [2.45, 2.75) is 20.0 Å². The Bertz CT molecular complexity index is 802. The highest BCUT2D eigenvalue weighted by atomic mass is 19.1. The molecule has 5 heteroatoms. The lowest BCUT2D eigenvalue weighted by molar-refractivity contribution is 0.627. The molecule has 24 heavy (non-hydrogen) atoms. The molecule has 0 aliphatic rings. The third-order valence-corrected chi connectivity index (χ3v) is 3.74. The lowest BCUT2D eigenvalue weighted by Gasteiger charge is -2.10. The van der Waals surface area contributed by atoms with Gasteiger partial charge in [0.2, 0.25) is 5.95 Å². The highest BCUT2D eigenvalue weighted by Gasteiger charge is 2.01. The number of halogens is 1. The largest absolute Gasteiger partial charge is 0.366 e. The zero-order valence-corrected chi connectivity index (χ0v) is 13.5. The molecule has 0 amide bonds. The van der Waals surface area contributed by atoms with Gasteiger partial charge in [0.1, 0.15) is 11.6 Å². The van der Waals surface area contributed by atoms with Crippen LogP contribution in [-0.2, 0) is 13.1 Å². The molecule has 0 atom stereocenters. The van der Waals surface area contributed by atoms with Gasteiger partial charge in [-0.05, 0) is 41.8 Å². The Morgan fingerprint density at radius 1 is 0.917 bits per heavy atom. The van der Waals surface area contributed by atoms with E-state index < -0.39 is 0 Å². The maximum Gasteiger partial charge on any atom is 0.224 e. The minimum absolute atomic E-state index is 0.239. The van der Waals surface area contributed by atoms with Gasteiger partial charge in [-0.3, -0.25) is 0 Å². The normalized spacial score (nSPS) is 10.4. The van der Waals surface area contributed by atoms with E-state index in [1.807, 2.05) is 18.2 Å². The first-order valence-corrected chi connectivity index (χ1v) is 7.80. The molecule has 0 bridgehead atoms. The molecule has 0 aliphatic heterocycles. The van der Waals surface area contributed by atoms with Gasteiger partial charge in [-0.2, -0.15) is 4.98 Å². The fraction of sp³-hybridized carbons (Fsp3) is 0.158. The second-order valence-corrected chi connectivity index (χ2v) is 5.53. The number of hydrogen-bond donors (Lipinski definition) is 2. The Hall–Kier alpha value is -2.95. The van der Waals surface area contributed by atoms with Crippen LogP contribution in [0.25, 0.3) is 0 Å². The fourth-order valence-electron chi connectivity index (χ4n) is 2.32. The molecule has 1 aromatic heterocycles. The van der Waals surface area contributed by atoms with E-state index in [0.717, 1.165) is 11.4 Å². The van der Waals surface area contributed by atoms with Gasteiger partial charge in [0.25, 0.3) is 0 Å². The van der Waals surface area contributed by atoms with E-state index in [-0.39, 0.29) is 5.82 Å². The monoisotopic (exact) mass is 322 g/mol. The molecule has 0 saturated heterocycles. The topological polar surface area (TPSA) is 49.8 Å². The molecule has 0 saturated carbocycles. The van der Waals surface area contributed by atoms with Crippen LogP contribution in [0, 0.1) is 12.7 Å². The molecule has 0 fully saturated rings. The lowest BCUT2D eigenvalue weighted by Crippen LogP contribution is -2.07. The van der Waals surface area contributed by atoms with Gasteiger partial charge in [-0.25, -0.2) is 9.37 Å². The van der Waals surface area contributed by atoms with E-state index in [9.17, 15) is 4.39 Å². The van der Waals surface area contributed by atoms with Crippen LogP contribution in [0.3, 0.4) is 0 Å². The van der Waals surface area contributed by atoms with Crippen molar-refractivity contribution in [3.8, 4) is 0 Å². The molecule has 122 valence electrons. The van der Waals surface area contributed by atoms with Gasteiger partial charge in [-0.15, -0.1) is 0 Å². The SMILES string of the molecule is Cc1ccccc1CNc1ccnc(NCc2ccc(F)cc2)n1. The summed E-state index contributed by atoms with van der Waals surface area (Å²) in [6.45, 7) is 3.34. The number of rotatable bonds is 6. The third-order valence-electron chi connectivity index (χ3n) is 3.74. The maximum absolute atomic E-state index is 12.9. The third kappa shape index (κ3) is 4.29. The Balaban J connectivity index is 1.59. The molecular formula is C19H19FN4. The molecule has 1 heterocycles. The van der Waals surface area contributed by atoms with E-state index in [4.69, 9.17) is 0 Å². The molecule has 0 aliphatic carbocycles. The van der Waals surface area contributed by atoms with Crippen molar-refractivity contribution in [2.75, 3.05) is 10.6 Å². The summed E-state index contributed by atoms with van der Waals surface area (Å²) in [6, 6.07) is 16.4. The Kier molecular flexibility index (Phi) is 5.01. The van der Waals surface area contributed by atoms with Crippen molar-refractivity contribution in [2.24, 2.45) is 0 Å². The molecule has 3 rings (SSSR count). The van der Waals surface area contributed by atoms with Gasteiger partial charge in [-0.1, -0.05) is 36.4 Å². The summed E-state index contributed by atoms with van der Waals surface area (Å²) >= 11 is 0. The standard InChI is InChI=1S/C19H19FN4/c1-14-4-2-3-5-16(14)13-22-18-10-11-21-19(24-18)23-12-15-6-8-17(20)9-7-15/h2-11H,12-13H2,1H3,(H2,21,22,23,24). The number of aromatic nitrogens is 2. The molecule has 0 spiro atoms. The van der Waals surface area contributed by atoms with E-state index in [0.29, 0.717) is 19.0 Å². The first kappa shape index (κ1) is 15.9. The van der Waals surface area contributed by atoms with E-state index in [1.165, 1.54) is 23.3 Å². The lowest BCUT2D eigenvalue weighted by atomic mass is 10.1. The number of benzene rings is 2. The molecule has 0 radical (unpaired) electrons. The number of hydrogen-bond acceptors (Lipinski definition) is 4. The predicted molar refractivity (Wildman–Crippen MR) is 94.3 cm³/mol. The Morgan fingerprint density at radius 2 is 1.71 bits per heavy atom. The summed E-state index contributed by atoms with van der Waals surface area (Å²) in [5, 5.41) is 6.45. The first-order chi connectivity index (χ1) is 11.7. The average molecular weight is 322 g/mol. The molecular weight excluding hydrogens is 303 g/mol. The quantitative estimate of drug-likeness (QED) is 0.716. The highest BCUT2D eigenvalue weighted by molar-refractivity contribution is 5.41. The van der Waals surface area contributed by atoms with Crippen molar-refractivity contribution >= 4 is 11.8 Å². The van der Waals surface area contributed by atoms with Crippen LogP contribution >= 0.6 is 0 Å². The van der Waals surface area contributed by atoms with Crippen molar-refractivity contribution in [1.29, 1.82) is 0 Å². The van der Waals surface area contributed by atoms with E-state index >= 15 is 0 Å². The van der Waals surface area contributed by atoms with Crippen molar-refractivity contribution in [3.05, 3.63) is 83.3 Å². The van der Waals surface area contributed by atoms with Crippen LogP contribution in [-0.4, -0.2) is 9.97 Å². The van der Waals surface area contributed by atoms with Crippen LogP contribution in [0.15, 0.2) is 60.8 Å². The molecule has 3 aromatic rings. The van der Waals surface area contributed by atoms with Crippen LogP contribution < -0.4 is 10.6 Å². The number of nitrogens with one attached hydrogen (secondary N) is 2. The maximum atomic E-state index is 12.9. The summed E-state index contributed by atoms with van der Waals surface area (Å²) in [5.41, 5.74) is 3.45. The van der Waals surface area contributed by atoms with Crippen LogP contribution in [0.4, 0.5) is 16.2 Å². The summed E-state index contributed by atoms with van der Waals surface area (Å²) in [7, 11) is 0. The first-order valence-electron chi connectivity index (χ1n) is 7.80. The van der Waals surface area contributed by atoms with Gasteiger partial charge in [0.05, 0.1) is 0 Å². The van der Waals surface area contributed by atoms with Gasteiger partial charge >= 0.3 is 0 Å². The second kappa shape index (κ2) is 7.55. The highest BCUT2D eigenvalue weighted by Crippen LogP contribution is 2.12. The number of aryl methyl sites for hydroxylation is 1. The van der Waals surface area contributed by atoms with E-state index in [1.54, 1.807) is 18.3 Å². The molecule has 2 aromatic carbocycles. The zero-order chi connectivity index (χ0) is 16.8. The minimum atomic E-state index is -0.239. The summed E-state index contributed by atoms with van der Waals surface area (Å²) in [6.07, 6.45) is 1.71. The molecule has 4 nitrogen and oxygen atoms in total. The van der Waals surface area contributed by atoms with Crippen LogP contribution in [0.5, 0.6) is 0 Å². The molecule has 0 unspecified atom stereocenters. The average Bonchev–Trinajstić information content (AvgIpc) is 2.61. The second-order valence-electron chi connectivity index (χ2n) is 5.53. The number of anilines is 2. The molecule has 2 N–H and O–H groups in total. The van der Waals surface area contributed by atoms with Crippen molar-refractivity contribution in [3.63, 3.8) is 0 Å². The summed E-state index contributed by atoms with van der Waals surface area (Å²) in [5.74, 6) is 1.06. The van der Waals surface area contributed by atoms with Crippen LogP contribution in [0.2, 0.25) is 0 Å². The number of nitrogens with zero attached hydrogens (tertiary/aromatic N) is 2. The van der Waals surface area contributed by atoms with E-state index in [2.05, 4.69) is 39.7 Å². The van der Waals surface area contributed by atoms with Crippen LogP contribution in [0.1, 0.15) is 16.7 Å². The van der Waals surface area contributed by atoms with Crippen molar-refractivity contribution < 1.29 is 4.39 Å². The minimum Gasteiger partial charge on any atom is -0.366 e. The fourth-order valence-corrected chi connectivity index (χ4v) is 2.32. The smallest absolute Gasteiger partial charge is 0.224 e. The summed E-state index contributed by atoms with van der Waals surface area (Å²) in [4.78, 5) is 8.65. The predicted octanol–water partition coefficient (Wildman–Crippen LogP) is 4.15. The Morgan fingerprint density at radius 3 is 2.50 bits per heavy atom. The van der Waals surface area contributed by atoms with Gasteiger partial charge in [0.15, 0.2) is 0 Å². The van der Waals surface area contributed by atoms with Gasteiger partial charge < -0.3 is 10.6 Å². The zero-order valence-electron chi connectivity index (χ0n) is 13.5. The van der Waals surface area contributed by atoms with Gasteiger partial charge in [0, 0.05) is 19.3 Å². The Labute approximate surface area is 140 Å².